The van der Waals surface area contributed by atoms with Crippen LogP contribution in [0.3, 0.4) is 0 Å². The highest BCUT2D eigenvalue weighted by atomic mass is 16.3. The zero-order valence-electron chi connectivity index (χ0n) is 7.22. The summed E-state index contributed by atoms with van der Waals surface area (Å²) in [4.78, 5) is 11.4. The van der Waals surface area contributed by atoms with Crippen molar-refractivity contribution in [3.63, 3.8) is 0 Å². The molecule has 0 saturated carbocycles. The molecule has 62 valence electrons. The predicted molar refractivity (Wildman–Crippen MR) is 43.2 cm³/mol. The number of hydrogen-bond donors (Lipinski definition) is 1. The van der Waals surface area contributed by atoms with E-state index in [1.165, 1.54) is 0 Å². The molecule has 0 aliphatic heterocycles. The Morgan fingerprint density at radius 3 is 2.64 bits per heavy atom. The van der Waals surface area contributed by atoms with Crippen LogP contribution >= 0.6 is 0 Å². The lowest BCUT2D eigenvalue weighted by atomic mass is 9.75. The molecule has 0 radical (unpaired) electrons. The van der Waals surface area contributed by atoms with Gasteiger partial charge in [0.25, 0.3) is 0 Å². The first-order valence-corrected chi connectivity index (χ1v) is 3.85. The molecule has 0 amide bonds. The van der Waals surface area contributed by atoms with Crippen LogP contribution in [0.2, 0.25) is 0 Å². The highest BCUT2D eigenvalue weighted by Crippen LogP contribution is 2.31. The Kier molecular flexibility index (Phi) is 1.89. The van der Waals surface area contributed by atoms with Crippen molar-refractivity contribution in [1.82, 2.24) is 0 Å². The van der Waals surface area contributed by atoms with Crippen molar-refractivity contribution in [2.24, 2.45) is 5.41 Å². The Morgan fingerprint density at radius 2 is 2.18 bits per heavy atom. The minimum atomic E-state index is -0.442. The monoisotopic (exact) mass is 154 g/mol. The maximum absolute atomic E-state index is 11.4. The van der Waals surface area contributed by atoms with Crippen LogP contribution in [0.4, 0.5) is 0 Å². The van der Waals surface area contributed by atoms with E-state index in [1.54, 1.807) is 13.0 Å². The van der Waals surface area contributed by atoms with E-state index >= 15 is 0 Å². The molecule has 0 heterocycles. The van der Waals surface area contributed by atoms with Gasteiger partial charge < -0.3 is 5.11 Å². The smallest absolute Gasteiger partial charge is 0.164 e. The standard InChI is InChI=1S/C9H14O2/c1-6-4-7(10)5-9(2,3)8(6)11/h4,7,10H,5H2,1-3H3/t7-/m1/s1. The Hall–Kier alpha value is -0.630. The van der Waals surface area contributed by atoms with Crippen LogP contribution in [0.5, 0.6) is 0 Å². The van der Waals surface area contributed by atoms with Crippen LogP contribution in [-0.4, -0.2) is 17.0 Å². The van der Waals surface area contributed by atoms with Crippen LogP contribution < -0.4 is 0 Å². The lowest BCUT2D eigenvalue weighted by Gasteiger charge is -2.29. The Bertz CT molecular complexity index is 214. The Morgan fingerprint density at radius 1 is 1.64 bits per heavy atom. The van der Waals surface area contributed by atoms with Crippen molar-refractivity contribution in [3.05, 3.63) is 11.6 Å². The number of aliphatic hydroxyl groups excluding tert-OH is 1. The average Bonchev–Trinajstić information content (AvgIpc) is 1.81. The second-order valence-electron chi connectivity index (χ2n) is 3.83. The lowest BCUT2D eigenvalue weighted by Crippen LogP contribution is -2.33. The molecule has 0 fully saturated rings. The van der Waals surface area contributed by atoms with Gasteiger partial charge in [0.05, 0.1) is 6.10 Å². The molecule has 0 saturated heterocycles. The number of hydrogen-bond acceptors (Lipinski definition) is 2. The first-order chi connectivity index (χ1) is 4.93. The quantitative estimate of drug-likeness (QED) is 0.571. The fourth-order valence-electron chi connectivity index (χ4n) is 1.57. The van der Waals surface area contributed by atoms with Crippen molar-refractivity contribution < 1.29 is 9.90 Å². The summed E-state index contributed by atoms with van der Waals surface area (Å²) >= 11 is 0. The van der Waals surface area contributed by atoms with E-state index in [9.17, 15) is 9.90 Å². The fraction of sp³-hybridized carbons (Fsp3) is 0.667. The van der Waals surface area contributed by atoms with E-state index < -0.39 is 6.10 Å². The third-order valence-corrected chi connectivity index (χ3v) is 2.13. The largest absolute Gasteiger partial charge is 0.389 e. The van der Waals surface area contributed by atoms with Gasteiger partial charge in [-0.1, -0.05) is 13.8 Å². The molecule has 0 aromatic heterocycles. The van der Waals surface area contributed by atoms with Gasteiger partial charge in [-0.15, -0.1) is 0 Å². The molecule has 1 rings (SSSR count). The van der Waals surface area contributed by atoms with Gasteiger partial charge >= 0.3 is 0 Å². The summed E-state index contributed by atoms with van der Waals surface area (Å²) in [6.07, 6.45) is 1.74. The Labute approximate surface area is 66.9 Å². The van der Waals surface area contributed by atoms with E-state index in [4.69, 9.17) is 0 Å². The van der Waals surface area contributed by atoms with Crippen LogP contribution in [0, 0.1) is 5.41 Å². The van der Waals surface area contributed by atoms with E-state index in [0.29, 0.717) is 12.0 Å². The Balaban J connectivity index is 2.96. The normalized spacial score (nSPS) is 30.0. The topological polar surface area (TPSA) is 37.3 Å². The summed E-state index contributed by atoms with van der Waals surface area (Å²) in [6.45, 7) is 5.50. The van der Waals surface area contributed by atoms with Crippen LogP contribution in [0.25, 0.3) is 0 Å². The lowest BCUT2D eigenvalue weighted by molar-refractivity contribution is -0.125. The van der Waals surface area contributed by atoms with Crippen molar-refractivity contribution in [1.29, 1.82) is 0 Å². The summed E-state index contributed by atoms with van der Waals surface area (Å²) in [7, 11) is 0. The third-order valence-electron chi connectivity index (χ3n) is 2.13. The van der Waals surface area contributed by atoms with Gasteiger partial charge in [-0.2, -0.15) is 0 Å². The van der Waals surface area contributed by atoms with Crippen LogP contribution in [0.15, 0.2) is 11.6 Å². The second kappa shape index (κ2) is 2.45. The molecule has 0 aromatic rings. The van der Waals surface area contributed by atoms with Gasteiger partial charge in [-0.3, -0.25) is 4.79 Å². The second-order valence-corrected chi connectivity index (χ2v) is 3.83. The zero-order valence-corrected chi connectivity index (χ0v) is 7.22. The highest BCUT2D eigenvalue weighted by Gasteiger charge is 2.34. The first kappa shape index (κ1) is 8.47. The molecule has 2 nitrogen and oxygen atoms in total. The molecule has 1 aliphatic rings. The number of carbonyl (C=O) groups excluding carboxylic acids is 1. The van der Waals surface area contributed by atoms with Crippen molar-refractivity contribution in [2.45, 2.75) is 33.3 Å². The molecular weight excluding hydrogens is 140 g/mol. The van der Waals surface area contributed by atoms with E-state index in [-0.39, 0.29) is 11.2 Å². The minimum Gasteiger partial charge on any atom is -0.389 e. The average molecular weight is 154 g/mol. The van der Waals surface area contributed by atoms with E-state index in [2.05, 4.69) is 0 Å². The van der Waals surface area contributed by atoms with Crippen molar-refractivity contribution in [3.8, 4) is 0 Å². The van der Waals surface area contributed by atoms with Gasteiger partial charge in [0.15, 0.2) is 5.78 Å². The molecule has 2 heteroatoms. The number of Topliss-reactive ketones (excluding diaryl/α,β-unsaturated/α-hetero) is 1. The van der Waals surface area contributed by atoms with Gasteiger partial charge in [0, 0.05) is 5.41 Å². The maximum atomic E-state index is 11.4. The van der Waals surface area contributed by atoms with E-state index in [1.807, 2.05) is 13.8 Å². The molecule has 0 unspecified atom stereocenters. The molecule has 0 spiro atoms. The molecule has 11 heavy (non-hydrogen) atoms. The number of allylic oxidation sites excluding steroid dienone is 1. The number of ketones is 1. The van der Waals surface area contributed by atoms with Gasteiger partial charge in [0.2, 0.25) is 0 Å². The molecule has 1 atom stereocenters. The van der Waals surface area contributed by atoms with Gasteiger partial charge in [0.1, 0.15) is 0 Å². The van der Waals surface area contributed by atoms with Crippen LogP contribution in [0.1, 0.15) is 27.2 Å². The fourth-order valence-corrected chi connectivity index (χ4v) is 1.57. The third kappa shape index (κ3) is 1.51. The van der Waals surface area contributed by atoms with Crippen molar-refractivity contribution >= 4 is 5.78 Å². The summed E-state index contributed by atoms with van der Waals surface area (Å²) in [5.41, 5.74) is 0.312. The van der Waals surface area contributed by atoms with E-state index in [0.717, 1.165) is 0 Å². The molecular formula is C9H14O2. The summed E-state index contributed by atoms with van der Waals surface area (Å²) in [5, 5.41) is 9.30. The molecule has 1 aliphatic carbocycles. The molecule has 0 bridgehead atoms. The first-order valence-electron chi connectivity index (χ1n) is 3.85. The SMILES string of the molecule is CC1=C[C@@H](O)CC(C)(C)C1=O. The summed E-state index contributed by atoms with van der Waals surface area (Å²) in [6, 6.07) is 0. The summed E-state index contributed by atoms with van der Waals surface area (Å²) in [5.74, 6) is 0.155. The molecule has 1 N–H and O–H groups in total. The number of aliphatic hydroxyl groups is 1. The summed E-state index contributed by atoms with van der Waals surface area (Å²) < 4.78 is 0. The highest BCUT2D eigenvalue weighted by molar-refractivity contribution is 5.99. The van der Waals surface area contributed by atoms with Gasteiger partial charge in [-0.05, 0) is 25.0 Å². The maximum Gasteiger partial charge on any atom is 0.164 e. The van der Waals surface area contributed by atoms with Gasteiger partial charge in [-0.25, -0.2) is 0 Å². The minimum absolute atomic E-state index is 0.155. The number of carbonyl (C=O) groups is 1. The molecule has 0 aromatic carbocycles. The van der Waals surface area contributed by atoms with Crippen molar-refractivity contribution in [2.75, 3.05) is 0 Å². The van der Waals surface area contributed by atoms with Crippen LogP contribution in [-0.2, 0) is 4.79 Å². The zero-order chi connectivity index (χ0) is 8.65. The number of rotatable bonds is 0. The predicted octanol–water partition coefficient (Wildman–Crippen LogP) is 1.29.